The van der Waals surface area contributed by atoms with Gasteiger partial charge in [0, 0.05) is 6.42 Å². The standard InChI is InChI=1S/C10H12O.C6H4F2/c1-9(11)7-8-10-5-3-2-4-6-10;7-5-1-2-6(8)4-3-5/h2-6H,7-8H2,1H3;1-4H. The molecule has 0 N–H and O–H groups in total. The van der Waals surface area contributed by atoms with E-state index in [1.165, 1.54) is 5.56 Å². The highest BCUT2D eigenvalue weighted by Crippen LogP contribution is 2.02. The molecule has 0 bridgehead atoms. The van der Waals surface area contributed by atoms with Gasteiger partial charge in [-0.15, -0.1) is 0 Å². The number of hydrogen-bond donors (Lipinski definition) is 0. The fourth-order valence-electron chi connectivity index (χ4n) is 1.39. The van der Waals surface area contributed by atoms with Crippen molar-refractivity contribution in [2.45, 2.75) is 19.8 Å². The third kappa shape index (κ3) is 7.09. The lowest BCUT2D eigenvalue weighted by Crippen LogP contribution is -1.92. The Hall–Kier alpha value is -2.03. The maximum absolute atomic E-state index is 11.9. The SMILES string of the molecule is CC(=O)CCc1ccccc1.Fc1ccc(F)cc1. The van der Waals surface area contributed by atoms with Gasteiger partial charge >= 0.3 is 0 Å². The first-order chi connectivity index (χ1) is 9.08. The van der Waals surface area contributed by atoms with Crippen LogP contribution in [0.3, 0.4) is 0 Å². The van der Waals surface area contributed by atoms with Gasteiger partial charge in [-0.05, 0) is 43.2 Å². The van der Waals surface area contributed by atoms with Crippen molar-refractivity contribution in [3.05, 3.63) is 71.8 Å². The predicted molar refractivity (Wildman–Crippen MR) is 71.8 cm³/mol. The molecular formula is C16H16F2O. The first-order valence-electron chi connectivity index (χ1n) is 6.02. The third-order valence-electron chi connectivity index (χ3n) is 2.41. The van der Waals surface area contributed by atoms with E-state index in [1.54, 1.807) is 6.92 Å². The molecule has 0 aliphatic rings. The fourth-order valence-corrected chi connectivity index (χ4v) is 1.39. The van der Waals surface area contributed by atoms with Gasteiger partial charge in [0.25, 0.3) is 0 Å². The van der Waals surface area contributed by atoms with Crippen LogP contribution in [0.4, 0.5) is 8.78 Å². The molecule has 100 valence electrons. The Morgan fingerprint density at radius 3 is 1.79 bits per heavy atom. The summed E-state index contributed by atoms with van der Waals surface area (Å²) in [6.45, 7) is 1.63. The highest BCUT2D eigenvalue weighted by molar-refractivity contribution is 5.75. The van der Waals surface area contributed by atoms with Gasteiger partial charge in [0.1, 0.15) is 17.4 Å². The summed E-state index contributed by atoms with van der Waals surface area (Å²) >= 11 is 0. The van der Waals surface area contributed by atoms with Gasteiger partial charge in [0.15, 0.2) is 0 Å². The summed E-state index contributed by atoms with van der Waals surface area (Å²) in [7, 11) is 0. The lowest BCUT2D eigenvalue weighted by atomic mass is 10.1. The average molecular weight is 262 g/mol. The third-order valence-corrected chi connectivity index (χ3v) is 2.41. The Kier molecular flexibility index (Phi) is 6.44. The molecule has 1 nitrogen and oxygen atoms in total. The Morgan fingerprint density at radius 2 is 1.37 bits per heavy atom. The Morgan fingerprint density at radius 1 is 0.895 bits per heavy atom. The number of ketones is 1. The molecule has 19 heavy (non-hydrogen) atoms. The van der Waals surface area contributed by atoms with Gasteiger partial charge in [0.2, 0.25) is 0 Å². The largest absolute Gasteiger partial charge is 0.300 e. The van der Waals surface area contributed by atoms with Gasteiger partial charge < -0.3 is 4.79 Å². The van der Waals surface area contributed by atoms with Gasteiger partial charge in [0.05, 0.1) is 0 Å². The molecule has 0 aliphatic heterocycles. The molecule has 0 fully saturated rings. The second-order valence-corrected chi connectivity index (χ2v) is 4.12. The normalized spacial score (nSPS) is 9.42. The summed E-state index contributed by atoms with van der Waals surface area (Å²) in [5.74, 6) is -0.563. The van der Waals surface area contributed by atoms with Gasteiger partial charge in [-0.2, -0.15) is 0 Å². The summed E-state index contributed by atoms with van der Waals surface area (Å²) < 4.78 is 23.8. The first-order valence-corrected chi connectivity index (χ1v) is 6.02. The molecule has 0 heterocycles. The molecule has 0 saturated carbocycles. The van der Waals surface area contributed by atoms with E-state index in [-0.39, 0.29) is 5.78 Å². The van der Waals surface area contributed by atoms with E-state index >= 15 is 0 Å². The van der Waals surface area contributed by atoms with Crippen LogP contribution in [0.1, 0.15) is 18.9 Å². The summed E-state index contributed by atoms with van der Waals surface area (Å²) in [6, 6.07) is 14.4. The molecule has 0 atom stereocenters. The highest BCUT2D eigenvalue weighted by atomic mass is 19.1. The van der Waals surface area contributed by atoms with Crippen LogP contribution < -0.4 is 0 Å². The van der Waals surface area contributed by atoms with Crippen LogP contribution in [-0.2, 0) is 11.2 Å². The Labute approximate surface area is 111 Å². The molecule has 0 spiro atoms. The molecular weight excluding hydrogens is 246 g/mol. The molecule has 2 aromatic carbocycles. The smallest absolute Gasteiger partial charge is 0.130 e. The molecule has 0 aliphatic carbocycles. The van der Waals surface area contributed by atoms with E-state index in [2.05, 4.69) is 0 Å². The topological polar surface area (TPSA) is 17.1 Å². The number of carbonyl (C=O) groups is 1. The minimum absolute atomic E-state index is 0.258. The van der Waals surface area contributed by atoms with Crippen molar-refractivity contribution in [3.63, 3.8) is 0 Å². The van der Waals surface area contributed by atoms with Crippen LogP contribution in [0, 0.1) is 11.6 Å². The van der Waals surface area contributed by atoms with Gasteiger partial charge in [-0.25, -0.2) is 8.78 Å². The van der Waals surface area contributed by atoms with E-state index in [4.69, 9.17) is 0 Å². The van der Waals surface area contributed by atoms with Crippen LogP contribution in [0.15, 0.2) is 54.6 Å². The minimum atomic E-state index is -0.411. The average Bonchev–Trinajstić information content (AvgIpc) is 2.42. The van der Waals surface area contributed by atoms with Crippen molar-refractivity contribution in [2.24, 2.45) is 0 Å². The number of benzene rings is 2. The van der Waals surface area contributed by atoms with E-state index < -0.39 is 11.6 Å². The van der Waals surface area contributed by atoms with Crippen molar-refractivity contribution in [1.82, 2.24) is 0 Å². The summed E-state index contributed by atoms with van der Waals surface area (Å²) in [5.41, 5.74) is 1.24. The zero-order valence-electron chi connectivity index (χ0n) is 10.8. The van der Waals surface area contributed by atoms with E-state index in [9.17, 15) is 13.6 Å². The fraction of sp³-hybridized carbons (Fsp3) is 0.188. The van der Waals surface area contributed by atoms with Crippen LogP contribution in [-0.4, -0.2) is 5.78 Å². The number of Topliss-reactive ketones (excluding diaryl/α,β-unsaturated/α-hetero) is 1. The second kappa shape index (κ2) is 8.14. The van der Waals surface area contributed by atoms with Gasteiger partial charge in [-0.1, -0.05) is 30.3 Å². The first kappa shape index (κ1) is 15.0. The molecule has 2 rings (SSSR count). The summed E-state index contributed by atoms with van der Waals surface area (Å²) in [4.78, 5) is 10.6. The lowest BCUT2D eigenvalue weighted by molar-refractivity contribution is -0.116. The summed E-state index contributed by atoms with van der Waals surface area (Å²) in [6.07, 6.45) is 1.53. The zero-order chi connectivity index (χ0) is 14.1. The van der Waals surface area contributed by atoms with Crippen molar-refractivity contribution in [1.29, 1.82) is 0 Å². The van der Waals surface area contributed by atoms with Crippen molar-refractivity contribution < 1.29 is 13.6 Å². The quantitative estimate of drug-likeness (QED) is 0.811. The number of rotatable bonds is 3. The Bertz CT molecular complexity index is 471. The van der Waals surface area contributed by atoms with Crippen molar-refractivity contribution in [3.8, 4) is 0 Å². The summed E-state index contributed by atoms with van der Waals surface area (Å²) in [5, 5.41) is 0. The van der Waals surface area contributed by atoms with Crippen LogP contribution in [0.25, 0.3) is 0 Å². The van der Waals surface area contributed by atoms with Crippen molar-refractivity contribution in [2.75, 3.05) is 0 Å². The van der Waals surface area contributed by atoms with Crippen LogP contribution in [0.2, 0.25) is 0 Å². The molecule has 3 heteroatoms. The lowest BCUT2D eigenvalue weighted by Gasteiger charge is -1.96. The molecule has 0 aromatic heterocycles. The number of aryl methyl sites for hydroxylation is 1. The Balaban J connectivity index is 0.000000200. The monoisotopic (exact) mass is 262 g/mol. The maximum atomic E-state index is 11.9. The van der Waals surface area contributed by atoms with Crippen LogP contribution in [0.5, 0.6) is 0 Å². The zero-order valence-corrected chi connectivity index (χ0v) is 10.8. The van der Waals surface area contributed by atoms with Gasteiger partial charge in [-0.3, -0.25) is 0 Å². The second-order valence-electron chi connectivity index (χ2n) is 4.12. The number of halogens is 2. The minimum Gasteiger partial charge on any atom is -0.300 e. The molecule has 2 aromatic rings. The van der Waals surface area contributed by atoms with Crippen LogP contribution >= 0.6 is 0 Å². The molecule has 0 unspecified atom stereocenters. The predicted octanol–water partition coefficient (Wildman–Crippen LogP) is 4.17. The molecule has 0 amide bonds. The van der Waals surface area contributed by atoms with E-state index in [1.807, 2.05) is 30.3 Å². The van der Waals surface area contributed by atoms with E-state index in [0.29, 0.717) is 6.42 Å². The molecule has 0 radical (unpaired) electrons. The highest BCUT2D eigenvalue weighted by Gasteiger charge is 1.94. The number of carbonyl (C=O) groups excluding carboxylic acids is 1. The molecule has 0 saturated heterocycles. The van der Waals surface area contributed by atoms with E-state index in [0.717, 1.165) is 30.7 Å². The maximum Gasteiger partial charge on any atom is 0.130 e. The number of hydrogen-bond acceptors (Lipinski definition) is 1. The van der Waals surface area contributed by atoms with Crippen molar-refractivity contribution >= 4 is 5.78 Å².